The monoisotopic (exact) mass is 259 g/mol. The fourth-order valence-corrected chi connectivity index (χ4v) is 3.41. The lowest BCUT2D eigenvalue weighted by Crippen LogP contribution is -2.25. The third kappa shape index (κ3) is 2.92. The molecule has 0 radical (unpaired) electrons. The van der Waals surface area contributed by atoms with Crippen molar-refractivity contribution in [3.8, 4) is 0 Å². The molecule has 3 nitrogen and oxygen atoms in total. The third-order valence-corrected chi connectivity index (χ3v) is 4.61. The van der Waals surface area contributed by atoms with Crippen LogP contribution in [0.4, 0.5) is 5.82 Å². The van der Waals surface area contributed by atoms with Gasteiger partial charge in [0.15, 0.2) is 0 Å². The average Bonchev–Trinajstić information content (AvgIpc) is 2.71. The summed E-state index contributed by atoms with van der Waals surface area (Å²) in [4.78, 5) is 9.62. The summed E-state index contributed by atoms with van der Waals surface area (Å²) in [7, 11) is 2.22. The number of likely N-dealkylation sites (tertiary alicyclic amines) is 1. The first-order valence-corrected chi connectivity index (χ1v) is 7.76. The second kappa shape index (κ2) is 5.91. The molecule has 0 spiro atoms. The minimum Gasteiger partial charge on any atom is -0.357 e. The van der Waals surface area contributed by atoms with Gasteiger partial charge in [0, 0.05) is 25.3 Å². The Labute approximate surface area is 116 Å². The summed E-state index contributed by atoms with van der Waals surface area (Å²) in [6.07, 6.45) is 10.1. The lowest BCUT2D eigenvalue weighted by molar-refractivity contribution is 0.317. The van der Waals surface area contributed by atoms with Gasteiger partial charge in [0.1, 0.15) is 5.82 Å². The molecule has 0 unspecified atom stereocenters. The van der Waals surface area contributed by atoms with Gasteiger partial charge in [0.2, 0.25) is 0 Å². The second-order valence-corrected chi connectivity index (χ2v) is 5.99. The van der Waals surface area contributed by atoms with Crippen LogP contribution in [0.15, 0.2) is 18.3 Å². The van der Waals surface area contributed by atoms with Crippen molar-refractivity contribution < 1.29 is 0 Å². The molecule has 1 aromatic heterocycles. The predicted molar refractivity (Wildman–Crippen MR) is 79.5 cm³/mol. The van der Waals surface area contributed by atoms with E-state index in [4.69, 9.17) is 4.98 Å². The van der Waals surface area contributed by atoms with Crippen molar-refractivity contribution in [2.45, 2.75) is 44.6 Å². The van der Waals surface area contributed by atoms with Crippen LogP contribution in [0.2, 0.25) is 0 Å². The topological polar surface area (TPSA) is 19.4 Å². The fourth-order valence-electron chi connectivity index (χ4n) is 3.41. The highest BCUT2D eigenvalue weighted by atomic mass is 15.2. The fraction of sp³-hybridized carbons (Fsp3) is 0.688. The van der Waals surface area contributed by atoms with Gasteiger partial charge in [-0.05, 0) is 50.9 Å². The summed E-state index contributed by atoms with van der Waals surface area (Å²) in [5.74, 6) is 1.17. The molecular formula is C16H25N3. The molecule has 0 aliphatic carbocycles. The van der Waals surface area contributed by atoms with Crippen LogP contribution < -0.4 is 4.90 Å². The Kier molecular flexibility index (Phi) is 4.02. The molecule has 2 saturated heterocycles. The van der Waals surface area contributed by atoms with E-state index in [2.05, 4.69) is 35.2 Å². The summed E-state index contributed by atoms with van der Waals surface area (Å²) in [5, 5.41) is 0. The van der Waals surface area contributed by atoms with E-state index in [0.717, 1.165) is 0 Å². The first-order chi connectivity index (χ1) is 9.34. The van der Waals surface area contributed by atoms with Crippen molar-refractivity contribution in [1.29, 1.82) is 0 Å². The Morgan fingerprint density at radius 2 is 1.79 bits per heavy atom. The molecule has 2 fully saturated rings. The van der Waals surface area contributed by atoms with Gasteiger partial charge in [-0.3, -0.25) is 4.90 Å². The minimum atomic E-state index is 0.589. The van der Waals surface area contributed by atoms with Crippen molar-refractivity contribution in [2.75, 3.05) is 31.6 Å². The zero-order chi connectivity index (χ0) is 13.1. The second-order valence-electron chi connectivity index (χ2n) is 5.99. The van der Waals surface area contributed by atoms with Gasteiger partial charge >= 0.3 is 0 Å². The van der Waals surface area contributed by atoms with Crippen molar-refractivity contribution in [2.24, 2.45) is 0 Å². The molecule has 3 heteroatoms. The Hall–Kier alpha value is -1.09. The van der Waals surface area contributed by atoms with E-state index in [1.807, 2.05) is 0 Å². The van der Waals surface area contributed by atoms with Crippen molar-refractivity contribution in [1.82, 2.24) is 9.88 Å². The van der Waals surface area contributed by atoms with E-state index >= 15 is 0 Å². The Morgan fingerprint density at radius 1 is 1.00 bits per heavy atom. The number of anilines is 1. The molecule has 3 rings (SSSR count). The molecule has 0 N–H and O–H groups in total. The SMILES string of the molecule is CN1CCC[C@@H]1c1ccc(N2CCCCCC2)nc1. The van der Waals surface area contributed by atoms with Crippen LogP contribution in [0.5, 0.6) is 0 Å². The van der Waals surface area contributed by atoms with Gasteiger partial charge in [0.05, 0.1) is 0 Å². The maximum atomic E-state index is 4.72. The summed E-state index contributed by atoms with van der Waals surface area (Å²) < 4.78 is 0. The molecule has 0 bridgehead atoms. The average molecular weight is 259 g/mol. The third-order valence-electron chi connectivity index (χ3n) is 4.61. The van der Waals surface area contributed by atoms with E-state index in [1.165, 1.54) is 69.5 Å². The van der Waals surface area contributed by atoms with Crippen LogP contribution in [0.3, 0.4) is 0 Å². The molecule has 3 heterocycles. The molecule has 1 aromatic rings. The number of hydrogen-bond donors (Lipinski definition) is 0. The normalized spacial score (nSPS) is 25.5. The quantitative estimate of drug-likeness (QED) is 0.813. The van der Waals surface area contributed by atoms with E-state index in [1.54, 1.807) is 0 Å². The van der Waals surface area contributed by atoms with Crippen molar-refractivity contribution in [3.63, 3.8) is 0 Å². The zero-order valence-corrected chi connectivity index (χ0v) is 12.0. The first-order valence-electron chi connectivity index (χ1n) is 7.76. The van der Waals surface area contributed by atoms with Gasteiger partial charge in [-0.25, -0.2) is 4.98 Å². The van der Waals surface area contributed by atoms with E-state index < -0.39 is 0 Å². The Bertz CT molecular complexity index is 393. The number of hydrogen-bond acceptors (Lipinski definition) is 3. The molecule has 0 saturated carbocycles. The largest absolute Gasteiger partial charge is 0.357 e. The summed E-state index contributed by atoms with van der Waals surface area (Å²) in [6, 6.07) is 5.11. The Balaban J connectivity index is 1.71. The molecule has 0 aromatic carbocycles. The highest BCUT2D eigenvalue weighted by molar-refractivity contribution is 5.40. The first kappa shape index (κ1) is 12.9. The number of aromatic nitrogens is 1. The summed E-state index contributed by atoms with van der Waals surface area (Å²) >= 11 is 0. The van der Waals surface area contributed by atoms with E-state index in [-0.39, 0.29) is 0 Å². The van der Waals surface area contributed by atoms with Gasteiger partial charge in [-0.2, -0.15) is 0 Å². The van der Waals surface area contributed by atoms with Crippen molar-refractivity contribution in [3.05, 3.63) is 23.9 Å². The zero-order valence-electron chi connectivity index (χ0n) is 12.0. The van der Waals surface area contributed by atoms with Crippen LogP contribution >= 0.6 is 0 Å². The van der Waals surface area contributed by atoms with E-state index in [9.17, 15) is 0 Å². The maximum Gasteiger partial charge on any atom is 0.128 e. The highest BCUT2D eigenvalue weighted by Gasteiger charge is 2.22. The number of rotatable bonds is 2. The summed E-state index contributed by atoms with van der Waals surface area (Å²) in [6.45, 7) is 3.57. The minimum absolute atomic E-state index is 0.589. The molecule has 2 aliphatic rings. The Morgan fingerprint density at radius 3 is 2.37 bits per heavy atom. The molecule has 1 atom stereocenters. The van der Waals surface area contributed by atoms with Crippen LogP contribution in [-0.4, -0.2) is 36.6 Å². The van der Waals surface area contributed by atoms with Gasteiger partial charge < -0.3 is 4.90 Å². The highest BCUT2D eigenvalue weighted by Crippen LogP contribution is 2.30. The number of nitrogens with zero attached hydrogens (tertiary/aromatic N) is 3. The maximum absolute atomic E-state index is 4.72. The predicted octanol–water partition coefficient (Wildman–Crippen LogP) is 3.23. The molecule has 0 amide bonds. The van der Waals surface area contributed by atoms with Crippen LogP contribution in [-0.2, 0) is 0 Å². The molecule has 2 aliphatic heterocycles. The van der Waals surface area contributed by atoms with Gasteiger partial charge in [-0.15, -0.1) is 0 Å². The van der Waals surface area contributed by atoms with Gasteiger partial charge in [-0.1, -0.05) is 18.9 Å². The standard InChI is InChI=1S/C16H25N3/c1-18-10-6-7-15(18)14-8-9-16(17-13-14)19-11-4-2-3-5-12-19/h8-9,13,15H,2-7,10-12H2,1H3/t15-/m1/s1. The smallest absolute Gasteiger partial charge is 0.128 e. The summed E-state index contributed by atoms with van der Waals surface area (Å²) in [5.41, 5.74) is 1.39. The number of pyridine rings is 1. The molecular weight excluding hydrogens is 234 g/mol. The lowest BCUT2D eigenvalue weighted by atomic mass is 10.1. The van der Waals surface area contributed by atoms with Crippen LogP contribution in [0.1, 0.15) is 50.1 Å². The lowest BCUT2D eigenvalue weighted by Gasteiger charge is -2.23. The van der Waals surface area contributed by atoms with Crippen molar-refractivity contribution >= 4 is 5.82 Å². The molecule has 104 valence electrons. The van der Waals surface area contributed by atoms with Gasteiger partial charge in [0.25, 0.3) is 0 Å². The molecule has 19 heavy (non-hydrogen) atoms. The van der Waals surface area contributed by atoms with Crippen LogP contribution in [0, 0.1) is 0 Å². The van der Waals surface area contributed by atoms with Crippen LogP contribution in [0.25, 0.3) is 0 Å². The van der Waals surface area contributed by atoms with E-state index in [0.29, 0.717) is 6.04 Å².